The lowest BCUT2D eigenvalue weighted by Crippen LogP contribution is -2.41. The summed E-state index contributed by atoms with van der Waals surface area (Å²) in [5.74, 6) is 1.71. The Labute approximate surface area is 180 Å². The monoisotopic (exact) mass is 406 g/mol. The van der Waals surface area contributed by atoms with Crippen molar-refractivity contribution in [3.63, 3.8) is 0 Å². The highest BCUT2D eigenvalue weighted by atomic mass is 16.5. The molecule has 4 rings (SSSR count). The lowest BCUT2D eigenvalue weighted by Gasteiger charge is -2.32. The molecule has 1 saturated heterocycles. The van der Waals surface area contributed by atoms with Crippen molar-refractivity contribution in [1.29, 1.82) is 0 Å². The van der Waals surface area contributed by atoms with E-state index in [1.807, 2.05) is 12.1 Å². The first kappa shape index (κ1) is 20.9. The second kappa shape index (κ2) is 8.81. The number of likely N-dealkylation sites (tertiary alicyclic amines) is 1. The number of ether oxygens (including phenoxy) is 1. The van der Waals surface area contributed by atoms with Gasteiger partial charge in [-0.3, -0.25) is 9.69 Å². The Morgan fingerprint density at radius 3 is 2.27 bits per heavy atom. The molecule has 0 bridgehead atoms. The molecule has 1 aliphatic carbocycles. The number of amides is 1. The summed E-state index contributed by atoms with van der Waals surface area (Å²) in [4.78, 5) is 15.5. The molecule has 4 heteroatoms. The molecular weight excluding hydrogens is 372 g/mol. The molecule has 2 fully saturated rings. The molecule has 0 atom stereocenters. The number of carbonyl (C=O) groups excluding carboxylic acids is 1. The summed E-state index contributed by atoms with van der Waals surface area (Å²) in [6.45, 7) is 8.21. The second-order valence-electron chi connectivity index (χ2n) is 9.24. The maximum Gasteiger partial charge on any atom is 0.230 e. The van der Waals surface area contributed by atoms with E-state index in [2.05, 4.69) is 54.4 Å². The molecule has 0 aromatic heterocycles. The van der Waals surface area contributed by atoms with Gasteiger partial charge in [0.1, 0.15) is 5.75 Å². The number of rotatable bonds is 7. The van der Waals surface area contributed by atoms with E-state index >= 15 is 0 Å². The Bertz CT molecular complexity index is 858. The highest BCUT2D eigenvalue weighted by Crippen LogP contribution is 2.48. The maximum absolute atomic E-state index is 13.0. The zero-order chi connectivity index (χ0) is 21.1. The largest absolute Gasteiger partial charge is 0.497 e. The first-order chi connectivity index (χ1) is 14.5. The van der Waals surface area contributed by atoms with E-state index in [9.17, 15) is 4.79 Å². The molecule has 1 N–H and O–H groups in total. The average molecular weight is 407 g/mol. The fourth-order valence-corrected chi connectivity index (χ4v) is 4.77. The van der Waals surface area contributed by atoms with E-state index in [-0.39, 0.29) is 11.3 Å². The van der Waals surface area contributed by atoms with Crippen LogP contribution in [0.15, 0.2) is 42.5 Å². The third-order valence-electron chi connectivity index (χ3n) is 6.78. The van der Waals surface area contributed by atoms with E-state index in [4.69, 9.17) is 4.74 Å². The van der Waals surface area contributed by atoms with Gasteiger partial charge in [0.2, 0.25) is 5.91 Å². The molecule has 0 radical (unpaired) electrons. The summed E-state index contributed by atoms with van der Waals surface area (Å²) in [7, 11) is 1.70. The molecule has 1 aliphatic heterocycles. The third kappa shape index (κ3) is 4.70. The van der Waals surface area contributed by atoms with Crippen molar-refractivity contribution in [2.24, 2.45) is 5.92 Å². The number of aryl methyl sites for hydroxylation is 2. The van der Waals surface area contributed by atoms with Gasteiger partial charge in [-0.1, -0.05) is 41.5 Å². The molecule has 2 aromatic carbocycles. The van der Waals surface area contributed by atoms with Crippen LogP contribution in [0.2, 0.25) is 0 Å². The fraction of sp³-hybridized carbons (Fsp3) is 0.500. The van der Waals surface area contributed by atoms with Crippen LogP contribution in [0.4, 0.5) is 0 Å². The van der Waals surface area contributed by atoms with E-state index in [0.717, 1.165) is 57.6 Å². The zero-order valence-electron chi connectivity index (χ0n) is 18.5. The van der Waals surface area contributed by atoms with Crippen LogP contribution in [-0.4, -0.2) is 37.6 Å². The standard InChI is InChI=1S/C26H34N2O2/c1-19-14-20(2)16-23(15-19)26(10-11-26)25(29)27-17-21-8-12-28(13-9-21)18-22-4-6-24(30-3)7-5-22/h4-7,14-16,21H,8-13,17-18H2,1-3H3,(H,27,29). The SMILES string of the molecule is COc1ccc(CN2CCC(CNC(=O)C3(c4cc(C)cc(C)c4)CC3)CC2)cc1. The normalized spacial score (nSPS) is 18.8. The van der Waals surface area contributed by atoms with Crippen molar-refractivity contribution in [2.45, 2.75) is 51.5 Å². The number of hydrogen-bond donors (Lipinski definition) is 1. The van der Waals surface area contributed by atoms with Crippen LogP contribution in [0.3, 0.4) is 0 Å². The number of hydrogen-bond acceptors (Lipinski definition) is 3. The first-order valence-corrected chi connectivity index (χ1v) is 11.2. The molecular formula is C26H34N2O2. The Kier molecular flexibility index (Phi) is 6.14. The van der Waals surface area contributed by atoms with Gasteiger partial charge in [0, 0.05) is 13.1 Å². The van der Waals surface area contributed by atoms with Gasteiger partial charge < -0.3 is 10.1 Å². The molecule has 30 heavy (non-hydrogen) atoms. The zero-order valence-corrected chi connectivity index (χ0v) is 18.5. The van der Waals surface area contributed by atoms with Crippen molar-refractivity contribution in [1.82, 2.24) is 10.2 Å². The first-order valence-electron chi connectivity index (χ1n) is 11.2. The predicted octanol–water partition coefficient (Wildman–Crippen LogP) is 4.37. The van der Waals surface area contributed by atoms with Gasteiger partial charge in [0.15, 0.2) is 0 Å². The van der Waals surface area contributed by atoms with Crippen LogP contribution in [0.1, 0.15) is 47.9 Å². The molecule has 1 amide bonds. The van der Waals surface area contributed by atoms with Gasteiger partial charge in [0.05, 0.1) is 12.5 Å². The highest BCUT2D eigenvalue weighted by Gasteiger charge is 2.51. The molecule has 1 saturated carbocycles. The minimum atomic E-state index is -0.272. The number of nitrogens with one attached hydrogen (secondary N) is 1. The number of carbonyl (C=O) groups is 1. The van der Waals surface area contributed by atoms with E-state index in [1.165, 1.54) is 22.3 Å². The van der Waals surface area contributed by atoms with Gasteiger partial charge in [-0.25, -0.2) is 0 Å². The van der Waals surface area contributed by atoms with Gasteiger partial charge in [-0.15, -0.1) is 0 Å². The van der Waals surface area contributed by atoms with Gasteiger partial charge in [-0.05, 0) is 81.8 Å². The topological polar surface area (TPSA) is 41.6 Å². The van der Waals surface area contributed by atoms with E-state index < -0.39 is 0 Å². The predicted molar refractivity (Wildman–Crippen MR) is 121 cm³/mol. The molecule has 2 aromatic rings. The average Bonchev–Trinajstić information content (AvgIpc) is 3.55. The summed E-state index contributed by atoms with van der Waals surface area (Å²) >= 11 is 0. The second-order valence-corrected chi connectivity index (χ2v) is 9.24. The minimum Gasteiger partial charge on any atom is -0.497 e. The summed E-state index contributed by atoms with van der Waals surface area (Å²) in [6.07, 6.45) is 4.24. The molecule has 1 heterocycles. The van der Waals surface area contributed by atoms with Crippen molar-refractivity contribution in [2.75, 3.05) is 26.7 Å². The molecule has 160 valence electrons. The Balaban J connectivity index is 1.25. The molecule has 4 nitrogen and oxygen atoms in total. The quantitative estimate of drug-likeness (QED) is 0.742. The lowest BCUT2D eigenvalue weighted by molar-refractivity contribution is -0.123. The van der Waals surface area contributed by atoms with E-state index in [1.54, 1.807) is 7.11 Å². The van der Waals surface area contributed by atoms with Crippen molar-refractivity contribution in [3.05, 3.63) is 64.7 Å². The smallest absolute Gasteiger partial charge is 0.230 e. The van der Waals surface area contributed by atoms with Crippen LogP contribution in [0.25, 0.3) is 0 Å². The molecule has 2 aliphatic rings. The summed E-state index contributed by atoms with van der Waals surface area (Å²) in [5.41, 5.74) is 4.74. The summed E-state index contributed by atoms with van der Waals surface area (Å²) < 4.78 is 5.24. The third-order valence-corrected chi connectivity index (χ3v) is 6.78. The summed E-state index contributed by atoms with van der Waals surface area (Å²) in [5, 5.41) is 3.30. The van der Waals surface area contributed by atoms with Gasteiger partial charge in [-0.2, -0.15) is 0 Å². The lowest BCUT2D eigenvalue weighted by atomic mass is 9.91. The van der Waals surface area contributed by atoms with E-state index in [0.29, 0.717) is 5.92 Å². The van der Waals surface area contributed by atoms with Crippen LogP contribution >= 0.6 is 0 Å². The number of piperidine rings is 1. The Morgan fingerprint density at radius 2 is 1.70 bits per heavy atom. The number of nitrogens with zero attached hydrogens (tertiary/aromatic N) is 1. The Morgan fingerprint density at radius 1 is 1.07 bits per heavy atom. The van der Waals surface area contributed by atoms with Crippen molar-refractivity contribution >= 4 is 5.91 Å². The van der Waals surface area contributed by atoms with Crippen molar-refractivity contribution in [3.8, 4) is 5.75 Å². The maximum atomic E-state index is 13.0. The Hall–Kier alpha value is -2.33. The van der Waals surface area contributed by atoms with Gasteiger partial charge >= 0.3 is 0 Å². The molecule has 0 unspecified atom stereocenters. The van der Waals surface area contributed by atoms with Crippen LogP contribution < -0.4 is 10.1 Å². The van der Waals surface area contributed by atoms with Crippen LogP contribution in [0, 0.1) is 19.8 Å². The van der Waals surface area contributed by atoms with Crippen LogP contribution in [0.5, 0.6) is 5.75 Å². The van der Waals surface area contributed by atoms with Crippen molar-refractivity contribution < 1.29 is 9.53 Å². The minimum absolute atomic E-state index is 0.230. The summed E-state index contributed by atoms with van der Waals surface area (Å²) in [6, 6.07) is 14.9. The van der Waals surface area contributed by atoms with Gasteiger partial charge in [0.25, 0.3) is 0 Å². The fourth-order valence-electron chi connectivity index (χ4n) is 4.77. The number of methoxy groups -OCH3 is 1. The van der Waals surface area contributed by atoms with Crippen LogP contribution in [-0.2, 0) is 16.8 Å². The molecule has 0 spiro atoms. The highest BCUT2D eigenvalue weighted by molar-refractivity contribution is 5.91. The number of benzene rings is 2.